The van der Waals surface area contributed by atoms with Gasteiger partial charge in [-0.2, -0.15) is 0 Å². The lowest BCUT2D eigenvalue weighted by Crippen LogP contribution is -2.45. The molecule has 1 atom stereocenters. The molecule has 0 radical (unpaired) electrons. The van der Waals surface area contributed by atoms with Gasteiger partial charge in [-0.3, -0.25) is 9.59 Å². The van der Waals surface area contributed by atoms with Crippen LogP contribution in [0.4, 0.5) is 0 Å². The smallest absolute Gasteiger partial charge is 0.242 e. The minimum atomic E-state index is -0.520. The lowest BCUT2D eigenvalue weighted by Gasteiger charge is -2.14. The molecule has 3 N–H and O–H groups in total. The number of carbonyl (C=O) groups excluding carboxylic acids is 2. The highest BCUT2D eigenvalue weighted by atomic mass is 16.3. The number of carbonyl (C=O) groups is 2. The van der Waals surface area contributed by atoms with Crippen LogP contribution >= 0.6 is 0 Å². The number of nitrogens with one attached hydrogen (secondary N) is 2. The molecule has 0 aromatic heterocycles. The van der Waals surface area contributed by atoms with Gasteiger partial charge in [0.25, 0.3) is 0 Å². The van der Waals surface area contributed by atoms with Crippen LogP contribution in [-0.2, 0) is 16.0 Å². The highest BCUT2D eigenvalue weighted by Crippen LogP contribution is 2.09. The molecule has 0 heterocycles. The summed E-state index contributed by atoms with van der Waals surface area (Å²) in [5.41, 5.74) is 1.04. The van der Waals surface area contributed by atoms with Crippen LogP contribution in [0.1, 0.15) is 57.9 Å². The zero-order valence-electron chi connectivity index (χ0n) is 14.8. The van der Waals surface area contributed by atoms with Gasteiger partial charge in [0.15, 0.2) is 0 Å². The largest absolute Gasteiger partial charge is 0.508 e. The van der Waals surface area contributed by atoms with Crippen molar-refractivity contribution in [3.05, 3.63) is 29.8 Å². The number of hydrogen-bond acceptors (Lipinski definition) is 3. The first-order chi connectivity index (χ1) is 11.5. The van der Waals surface area contributed by atoms with Crippen molar-refractivity contribution in [1.29, 1.82) is 0 Å². The number of phenolic OH excluding ortho intramolecular Hbond substituents is 1. The van der Waals surface area contributed by atoms with Crippen molar-refractivity contribution in [2.24, 2.45) is 0 Å². The predicted octanol–water partition coefficient (Wildman–Crippen LogP) is 2.92. The minimum absolute atomic E-state index is 0.0623. The molecule has 0 aliphatic rings. The summed E-state index contributed by atoms with van der Waals surface area (Å²) >= 11 is 0. The molecule has 0 aliphatic heterocycles. The van der Waals surface area contributed by atoms with Crippen LogP contribution in [0.25, 0.3) is 0 Å². The molecule has 2 amide bonds. The Morgan fingerprint density at radius 2 is 1.75 bits per heavy atom. The van der Waals surface area contributed by atoms with Gasteiger partial charge in [0.05, 0.1) is 0 Å². The summed E-state index contributed by atoms with van der Waals surface area (Å²) in [6, 6.07) is 6.38. The van der Waals surface area contributed by atoms with Gasteiger partial charge in [-0.05, 0) is 37.5 Å². The molecule has 1 rings (SSSR count). The molecular weight excluding hydrogens is 304 g/mol. The number of unbranched alkanes of at least 4 members (excludes halogenated alkanes) is 4. The average molecular weight is 334 g/mol. The fourth-order valence-corrected chi connectivity index (χ4v) is 2.41. The van der Waals surface area contributed by atoms with Crippen molar-refractivity contribution >= 4 is 11.8 Å². The summed E-state index contributed by atoms with van der Waals surface area (Å²) in [4.78, 5) is 23.8. The first-order valence-corrected chi connectivity index (χ1v) is 8.88. The predicted molar refractivity (Wildman–Crippen MR) is 95.8 cm³/mol. The Hall–Kier alpha value is -2.04. The average Bonchev–Trinajstić information content (AvgIpc) is 2.56. The third kappa shape index (κ3) is 8.56. The number of rotatable bonds is 11. The Morgan fingerprint density at radius 1 is 1.08 bits per heavy atom. The first-order valence-electron chi connectivity index (χ1n) is 8.88. The van der Waals surface area contributed by atoms with E-state index in [2.05, 4.69) is 17.6 Å². The van der Waals surface area contributed by atoms with Crippen molar-refractivity contribution in [3.8, 4) is 5.75 Å². The van der Waals surface area contributed by atoms with Crippen molar-refractivity contribution in [1.82, 2.24) is 10.6 Å². The molecule has 1 aromatic rings. The molecule has 134 valence electrons. The van der Waals surface area contributed by atoms with E-state index in [0.717, 1.165) is 24.8 Å². The lowest BCUT2D eigenvalue weighted by atomic mass is 10.1. The molecule has 1 unspecified atom stereocenters. The Bertz CT molecular complexity index is 500. The van der Waals surface area contributed by atoms with Crippen LogP contribution in [-0.4, -0.2) is 29.5 Å². The fourth-order valence-electron chi connectivity index (χ4n) is 2.41. The highest BCUT2D eigenvalue weighted by Gasteiger charge is 2.14. The number of hydrogen-bond donors (Lipinski definition) is 3. The number of phenols is 1. The van der Waals surface area contributed by atoms with Gasteiger partial charge in [-0.25, -0.2) is 0 Å². The quantitative estimate of drug-likeness (QED) is 0.545. The Labute approximate surface area is 144 Å². The number of aromatic hydroxyl groups is 1. The highest BCUT2D eigenvalue weighted by molar-refractivity contribution is 5.87. The van der Waals surface area contributed by atoms with E-state index in [1.807, 2.05) is 12.1 Å². The SMILES string of the molecule is CCCCCCCC(=O)NC(C)C(=O)NCCc1ccc(O)cc1. The van der Waals surface area contributed by atoms with Gasteiger partial charge in [0.1, 0.15) is 11.8 Å². The van der Waals surface area contributed by atoms with Crippen LogP contribution in [0.3, 0.4) is 0 Å². The standard InChI is InChI=1S/C19H30N2O3/c1-3-4-5-6-7-8-18(23)21-15(2)19(24)20-14-13-16-9-11-17(22)12-10-16/h9-12,15,22H,3-8,13-14H2,1-2H3,(H,20,24)(H,21,23). The molecule has 0 spiro atoms. The van der Waals surface area contributed by atoms with Crippen molar-refractivity contribution in [2.75, 3.05) is 6.54 Å². The maximum Gasteiger partial charge on any atom is 0.242 e. The number of amides is 2. The molecule has 0 saturated carbocycles. The molecule has 24 heavy (non-hydrogen) atoms. The van der Waals surface area contributed by atoms with Crippen LogP contribution in [0.2, 0.25) is 0 Å². The zero-order valence-corrected chi connectivity index (χ0v) is 14.8. The van der Waals surface area contributed by atoms with E-state index in [-0.39, 0.29) is 17.6 Å². The van der Waals surface area contributed by atoms with Gasteiger partial charge < -0.3 is 15.7 Å². The van der Waals surface area contributed by atoms with Gasteiger partial charge in [0, 0.05) is 13.0 Å². The zero-order chi connectivity index (χ0) is 17.8. The van der Waals surface area contributed by atoms with Crippen molar-refractivity contribution < 1.29 is 14.7 Å². The number of benzene rings is 1. The van der Waals surface area contributed by atoms with Crippen LogP contribution in [0, 0.1) is 0 Å². The van der Waals surface area contributed by atoms with E-state index in [4.69, 9.17) is 0 Å². The van der Waals surface area contributed by atoms with E-state index < -0.39 is 6.04 Å². The fraction of sp³-hybridized carbons (Fsp3) is 0.579. The molecule has 0 fully saturated rings. The van der Waals surface area contributed by atoms with Gasteiger partial charge in [-0.15, -0.1) is 0 Å². The third-order valence-electron chi connectivity index (χ3n) is 3.93. The van der Waals surface area contributed by atoms with E-state index in [9.17, 15) is 14.7 Å². The maximum absolute atomic E-state index is 12.0. The topological polar surface area (TPSA) is 78.4 Å². The summed E-state index contributed by atoms with van der Waals surface area (Å²) in [6.45, 7) is 4.36. The molecular formula is C19H30N2O3. The summed E-state index contributed by atoms with van der Waals surface area (Å²) in [6.07, 6.45) is 6.67. The normalized spacial score (nSPS) is 11.8. The Kier molecular flexibility index (Phi) is 9.58. The third-order valence-corrected chi connectivity index (χ3v) is 3.93. The van der Waals surface area contributed by atoms with Gasteiger partial charge in [-0.1, -0.05) is 44.7 Å². The summed E-state index contributed by atoms with van der Waals surface area (Å²) in [5, 5.41) is 14.8. The van der Waals surface area contributed by atoms with Gasteiger partial charge in [0.2, 0.25) is 11.8 Å². The van der Waals surface area contributed by atoms with Crippen LogP contribution < -0.4 is 10.6 Å². The Morgan fingerprint density at radius 3 is 2.42 bits per heavy atom. The Balaban J connectivity index is 2.17. The lowest BCUT2D eigenvalue weighted by molar-refractivity contribution is -0.128. The van der Waals surface area contributed by atoms with Crippen LogP contribution in [0.15, 0.2) is 24.3 Å². The minimum Gasteiger partial charge on any atom is -0.508 e. The first kappa shape index (κ1) is 20.0. The summed E-state index contributed by atoms with van der Waals surface area (Å²) in [7, 11) is 0. The second-order valence-corrected chi connectivity index (χ2v) is 6.16. The maximum atomic E-state index is 12.0. The molecule has 1 aromatic carbocycles. The molecule has 5 nitrogen and oxygen atoms in total. The van der Waals surface area contributed by atoms with Crippen molar-refractivity contribution in [3.63, 3.8) is 0 Å². The van der Waals surface area contributed by atoms with E-state index in [0.29, 0.717) is 19.4 Å². The van der Waals surface area contributed by atoms with E-state index >= 15 is 0 Å². The van der Waals surface area contributed by atoms with Crippen LogP contribution in [0.5, 0.6) is 5.75 Å². The van der Waals surface area contributed by atoms with Crippen molar-refractivity contribution in [2.45, 2.75) is 64.8 Å². The summed E-state index contributed by atoms with van der Waals surface area (Å²) < 4.78 is 0. The second kappa shape index (κ2) is 11.5. The molecule has 5 heteroatoms. The monoisotopic (exact) mass is 334 g/mol. The van der Waals surface area contributed by atoms with Gasteiger partial charge >= 0.3 is 0 Å². The second-order valence-electron chi connectivity index (χ2n) is 6.16. The summed E-state index contributed by atoms with van der Waals surface area (Å²) in [5.74, 6) is -0.00499. The molecule has 0 bridgehead atoms. The molecule has 0 aliphatic carbocycles. The van der Waals surface area contributed by atoms with E-state index in [1.54, 1.807) is 19.1 Å². The van der Waals surface area contributed by atoms with E-state index in [1.165, 1.54) is 12.8 Å². The molecule has 0 saturated heterocycles.